The largest absolute Gasteiger partial charge is 0.322 e. The van der Waals surface area contributed by atoms with Gasteiger partial charge in [0.2, 0.25) is 0 Å². The van der Waals surface area contributed by atoms with E-state index in [0.29, 0.717) is 0 Å². The van der Waals surface area contributed by atoms with E-state index >= 15 is 0 Å². The first-order valence-electron chi connectivity index (χ1n) is 8.04. The first kappa shape index (κ1) is 14.4. The summed E-state index contributed by atoms with van der Waals surface area (Å²) < 4.78 is 0. The summed E-state index contributed by atoms with van der Waals surface area (Å²) in [6.45, 7) is 2.07. The molecule has 5 heteroatoms. The fraction of sp³-hybridized carbons (Fsp3) is 0.100. The summed E-state index contributed by atoms with van der Waals surface area (Å²) in [5, 5.41) is 5.29. The molecule has 0 bridgehead atoms. The van der Waals surface area contributed by atoms with Crippen LogP contribution in [0.15, 0.2) is 54.6 Å². The van der Waals surface area contributed by atoms with E-state index in [1.807, 2.05) is 36.4 Å². The topological polar surface area (TPSA) is 58.2 Å². The Labute approximate surface area is 148 Å². The van der Waals surface area contributed by atoms with Gasteiger partial charge < -0.3 is 5.32 Å². The van der Waals surface area contributed by atoms with Crippen LogP contribution in [0.1, 0.15) is 16.0 Å². The molecule has 1 unspecified atom stereocenters. The molecule has 2 N–H and O–H groups in total. The Morgan fingerprint density at radius 2 is 1.72 bits per heavy atom. The third-order valence-electron chi connectivity index (χ3n) is 4.94. The summed E-state index contributed by atoms with van der Waals surface area (Å²) in [7, 11) is 0. The average molecular weight is 346 g/mol. The van der Waals surface area contributed by atoms with E-state index in [-0.39, 0.29) is 5.91 Å². The number of rotatable bonds is 1. The van der Waals surface area contributed by atoms with Gasteiger partial charge in [-0.2, -0.15) is 0 Å². The molecule has 2 aliphatic rings. The van der Waals surface area contributed by atoms with Gasteiger partial charge in [0, 0.05) is 15.3 Å². The highest BCUT2D eigenvalue weighted by molar-refractivity contribution is 7.15. The Balaban J connectivity index is 1.80. The number of thiophene rings is 1. The number of benzene rings is 2. The summed E-state index contributed by atoms with van der Waals surface area (Å²) in [6.07, 6.45) is 0. The third kappa shape index (κ3) is 1.81. The van der Waals surface area contributed by atoms with Crippen LogP contribution in [-0.2, 0) is 10.3 Å². The zero-order valence-electron chi connectivity index (χ0n) is 13.4. The van der Waals surface area contributed by atoms with Crippen LogP contribution in [-0.4, -0.2) is 11.9 Å². The van der Waals surface area contributed by atoms with E-state index in [0.717, 1.165) is 32.7 Å². The summed E-state index contributed by atoms with van der Waals surface area (Å²) in [6, 6.07) is 17.6. The number of imide groups is 1. The highest BCUT2D eigenvalue weighted by atomic mass is 32.1. The van der Waals surface area contributed by atoms with Crippen LogP contribution >= 0.6 is 11.3 Å². The van der Waals surface area contributed by atoms with E-state index in [9.17, 15) is 9.59 Å². The molecule has 1 aliphatic carbocycles. The maximum atomic E-state index is 12.8. The lowest BCUT2D eigenvalue weighted by molar-refractivity contribution is -0.122. The first-order chi connectivity index (χ1) is 12.1. The van der Waals surface area contributed by atoms with Crippen molar-refractivity contribution in [3.8, 4) is 21.6 Å². The number of hydrogen-bond acceptors (Lipinski definition) is 3. The number of carbonyl (C=O) groups excluding carboxylic acids is 2. The standard InChI is InChI=1S/C20H14N2O2S/c1-11-6-9-17(25-11)12-7-8-14-13-4-2-3-5-15(13)20(16(14)10-12)18(23)21-19(24)22-20/h2-10H,1H3,(H2,21,22,23,24). The van der Waals surface area contributed by atoms with Gasteiger partial charge in [0.15, 0.2) is 5.54 Å². The van der Waals surface area contributed by atoms with Crippen LogP contribution in [0.2, 0.25) is 0 Å². The molecule has 0 saturated carbocycles. The highest BCUT2D eigenvalue weighted by Gasteiger charge is 2.54. The van der Waals surface area contributed by atoms with Gasteiger partial charge in [-0.05, 0) is 47.4 Å². The van der Waals surface area contributed by atoms with Crippen molar-refractivity contribution < 1.29 is 9.59 Å². The molecular weight excluding hydrogens is 332 g/mol. The number of aryl methyl sites for hydroxylation is 1. The number of amides is 3. The minimum Gasteiger partial charge on any atom is -0.316 e. The zero-order valence-corrected chi connectivity index (χ0v) is 14.2. The molecule has 3 aromatic rings. The van der Waals surface area contributed by atoms with Crippen molar-refractivity contribution in [2.75, 3.05) is 0 Å². The zero-order chi connectivity index (χ0) is 17.2. The fourth-order valence-electron chi connectivity index (χ4n) is 3.86. The Hall–Kier alpha value is -2.92. The third-order valence-corrected chi connectivity index (χ3v) is 5.99. The molecule has 122 valence electrons. The molecule has 1 aromatic heterocycles. The molecule has 4 nitrogen and oxygen atoms in total. The van der Waals surface area contributed by atoms with Crippen LogP contribution in [0.4, 0.5) is 4.79 Å². The van der Waals surface area contributed by atoms with Crippen molar-refractivity contribution >= 4 is 23.3 Å². The van der Waals surface area contributed by atoms with Crippen LogP contribution in [0, 0.1) is 6.92 Å². The number of nitrogens with one attached hydrogen (secondary N) is 2. The van der Waals surface area contributed by atoms with Gasteiger partial charge in [-0.15, -0.1) is 11.3 Å². The van der Waals surface area contributed by atoms with E-state index in [2.05, 4.69) is 35.8 Å². The predicted octanol–water partition coefficient (Wildman–Crippen LogP) is 3.79. The van der Waals surface area contributed by atoms with Gasteiger partial charge >= 0.3 is 6.03 Å². The molecule has 1 spiro atoms. The second-order valence-electron chi connectivity index (χ2n) is 6.37. The van der Waals surface area contributed by atoms with Gasteiger partial charge in [-0.25, -0.2) is 4.79 Å². The number of hydrogen-bond donors (Lipinski definition) is 2. The van der Waals surface area contributed by atoms with Crippen molar-refractivity contribution in [3.63, 3.8) is 0 Å². The van der Waals surface area contributed by atoms with E-state index < -0.39 is 11.6 Å². The predicted molar refractivity (Wildman–Crippen MR) is 97.4 cm³/mol. The maximum absolute atomic E-state index is 12.8. The van der Waals surface area contributed by atoms with E-state index in [1.165, 1.54) is 4.88 Å². The van der Waals surface area contributed by atoms with E-state index in [4.69, 9.17) is 0 Å². The smallest absolute Gasteiger partial charge is 0.316 e. The monoisotopic (exact) mass is 346 g/mol. The Morgan fingerprint density at radius 1 is 0.920 bits per heavy atom. The quantitative estimate of drug-likeness (QED) is 0.659. The number of urea groups is 1. The summed E-state index contributed by atoms with van der Waals surface area (Å²) in [5.41, 5.74) is 3.56. The van der Waals surface area contributed by atoms with Gasteiger partial charge in [0.05, 0.1) is 0 Å². The van der Waals surface area contributed by atoms with Crippen molar-refractivity contribution in [1.82, 2.24) is 10.6 Å². The Bertz CT molecular complexity index is 1070. The lowest BCUT2D eigenvalue weighted by atomic mass is 9.87. The van der Waals surface area contributed by atoms with Crippen molar-refractivity contribution in [2.24, 2.45) is 0 Å². The van der Waals surface area contributed by atoms with Crippen molar-refractivity contribution in [1.29, 1.82) is 0 Å². The molecule has 1 atom stereocenters. The molecule has 0 radical (unpaired) electrons. The molecule has 25 heavy (non-hydrogen) atoms. The van der Waals surface area contributed by atoms with Crippen LogP contribution in [0.5, 0.6) is 0 Å². The Morgan fingerprint density at radius 3 is 2.44 bits per heavy atom. The molecule has 2 heterocycles. The summed E-state index contributed by atoms with van der Waals surface area (Å²) >= 11 is 1.71. The van der Waals surface area contributed by atoms with E-state index in [1.54, 1.807) is 11.3 Å². The summed E-state index contributed by atoms with van der Waals surface area (Å²) in [5.74, 6) is -0.316. The maximum Gasteiger partial charge on any atom is 0.322 e. The van der Waals surface area contributed by atoms with Crippen molar-refractivity contribution in [3.05, 3.63) is 70.6 Å². The minimum atomic E-state index is -1.13. The Kier molecular flexibility index (Phi) is 2.77. The van der Waals surface area contributed by atoms with Crippen LogP contribution < -0.4 is 10.6 Å². The molecule has 1 fully saturated rings. The molecular formula is C20H14N2O2S. The lowest BCUT2D eigenvalue weighted by Crippen LogP contribution is -2.43. The molecule has 3 amide bonds. The molecule has 1 aliphatic heterocycles. The molecule has 2 aromatic carbocycles. The number of carbonyl (C=O) groups is 2. The van der Waals surface area contributed by atoms with Gasteiger partial charge in [-0.3, -0.25) is 10.1 Å². The SMILES string of the molecule is Cc1ccc(-c2ccc3c(c2)C2(NC(=O)NC2=O)c2ccccc2-3)s1. The molecule has 5 rings (SSSR count). The van der Waals surface area contributed by atoms with Crippen molar-refractivity contribution in [2.45, 2.75) is 12.5 Å². The average Bonchev–Trinajstić information content (AvgIpc) is 3.25. The second-order valence-corrected chi connectivity index (χ2v) is 7.66. The normalized spacial score (nSPS) is 20.4. The number of fused-ring (bicyclic) bond motifs is 5. The van der Waals surface area contributed by atoms with Crippen LogP contribution in [0.3, 0.4) is 0 Å². The first-order valence-corrected chi connectivity index (χ1v) is 8.86. The lowest BCUT2D eigenvalue weighted by Gasteiger charge is -2.23. The summed E-state index contributed by atoms with van der Waals surface area (Å²) in [4.78, 5) is 27.1. The van der Waals surface area contributed by atoms with Gasteiger partial charge in [0.25, 0.3) is 5.91 Å². The highest BCUT2D eigenvalue weighted by Crippen LogP contribution is 2.50. The minimum absolute atomic E-state index is 0.316. The van der Waals surface area contributed by atoms with Gasteiger partial charge in [-0.1, -0.05) is 36.4 Å². The molecule has 1 saturated heterocycles. The van der Waals surface area contributed by atoms with Crippen LogP contribution in [0.25, 0.3) is 21.6 Å². The second kappa shape index (κ2) is 4.80. The fourth-order valence-corrected chi connectivity index (χ4v) is 4.72. The van der Waals surface area contributed by atoms with Gasteiger partial charge in [0.1, 0.15) is 0 Å².